The minimum absolute atomic E-state index is 0.0631. The van der Waals surface area contributed by atoms with Gasteiger partial charge in [0.25, 0.3) is 0 Å². The van der Waals surface area contributed by atoms with Crippen LogP contribution in [0.15, 0.2) is 46.0 Å². The quantitative estimate of drug-likeness (QED) is 0.772. The number of hydrogen-bond acceptors (Lipinski definition) is 5. The highest BCUT2D eigenvalue weighted by atomic mass is 32.2. The number of sulfonamides is 1. The van der Waals surface area contributed by atoms with Crippen molar-refractivity contribution in [3.8, 4) is 0 Å². The molecule has 1 aromatic carbocycles. The van der Waals surface area contributed by atoms with Gasteiger partial charge in [-0.2, -0.15) is 4.31 Å². The SMILES string of the molecule is CC(C)CCN(CC(=O)Nc1ccon1)S(=O)(=O)c1ccc(F)cc1. The van der Waals surface area contributed by atoms with Gasteiger partial charge in [-0.05, 0) is 36.6 Å². The maximum absolute atomic E-state index is 13.1. The molecule has 0 atom stereocenters. The van der Waals surface area contributed by atoms with E-state index in [0.29, 0.717) is 6.42 Å². The maximum atomic E-state index is 13.1. The van der Waals surface area contributed by atoms with Crippen LogP contribution in [-0.4, -0.2) is 36.9 Å². The molecular weight excluding hydrogens is 349 g/mol. The first-order valence-corrected chi connectivity index (χ1v) is 9.19. The Kier molecular flexibility index (Phi) is 6.27. The Balaban J connectivity index is 2.18. The normalized spacial score (nSPS) is 11.9. The van der Waals surface area contributed by atoms with E-state index < -0.39 is 21.7 Å². The number of anilines is 1. The Morgan fingerprint density at radius 1 is 1.28 bits per heavy atom. The molecule has 0 aliphatic carbocycles. The number of halogens is 1. The second-order valence-electron chi connectivity index (χ2n) is 5.91. The van der Waals surface area contributed by atoms with Crippen LogP contribution in [0.25, 0.3) is 0 Å². The van der Waals surface area contributed by atoms with E-state index >= 15 is 0 Å². The summed E-state index contributed by atoms with van der Waals surface area (Å²) in [6.07, 6.45) is 1.87. The maximum Gasteiger partial charge on any atom is 0.243 e. The van der Waals surface area contributed by atoms with E-state index in [9.17, 15) is 17.6 Å². The molecule has 0 bridgehead atoms. The summed E-state index contributed by atoms with van der Waals surface area (Å²) in [6, 6.07) is 5.96. The Bertz CT molecular complexity index is 789. The van der Waals surface area contributed by atoms with Crippen LogP contribution < -0.4 is 5.32 Å². The number of nitrogens with zero attached hydrogens (tertiary/aromatic N) is 2. The van der Waals surface area contributed by atoms with Crippen LogP contribution in [0, 0.1) is 11.7 Å². The van der Waals surface area contributed by atoms with E-state index in [2.05, 4.69) is 15.0 Å². The van der Waals surface area contributed by atoms with Gasteiger partial charge in [-0.1, -0.05) is 19.0 Å². The summed E-state index contributed by atoms with van der Waals surface area (Å²) in [5.74, 6) is -0.614. The fourth-order valence-electron chi connectivity index (χ4n) is 2.06. The molecule has 9 heteroatoms. The van der Waals surface area contributed by atoms with Gasteiger partial charge < -0.3 is 9.84 Å². The van der Waals surface area contributed by atoms with Gasteiger partial charge in [0.15, 0.2) is 5.82 Å². The van der Waals surface area contributed by atoms with Crippen molar-refractivity contribution in [1.82, 2.24) is 9.46 Å². The molecule has 0 unspecified atom stereocenters. The molecule has 0 fully saturated rings. The summed E-state index contributed by atoms with van der Waals surface area (Å²) in [5, 5.41) is 6.01. The topological polar surface area (TPSA) is 92.5 Å². The summed E-state index contributed by atoms with van der Waals surface area (Å²) in [4.78, 5) is 12.1. The number of nitrogens with one attached hydrogen (secondary N) is 1. The molecule has 0 saturated heterocycles. The van der Waals surface area contributed by atoms with Crippen LogP contribution in [0.1, 0.15) is 20.3 Å². The van der Waals surface area contributed by atoms with Crippen molar-refractivity contribution in [2.75, 3.05) is 18.4 Å². The van der Waals surface area contributed by atoms with Crippen molar-refractivity contribution in [3.05, 3.63) is 42.4 Å². The number of carbonyl (C=O) groups is 1. The van der Waals surface area contributed by atoms with E-state index in [1.807, 2.05) is 13.8 Å². The zero-order valence-electron chi connectivity index (χ0n) is 14.0. The first-order chi connectivity index (χ1) is 11.8. The lowest BCUT2D eigenvalue weighted by atomic mass is 10.1. The Hall–Kier alpha value is -2.26. The van der Waals surface area contributed by atoms with E-state index in [1.54, 1.807) is 0 Å². The highest BCUT2D eigenvalue weighted by molar-refractivity contribution is 7.89. The van der Waals surface area contributed by atoms with Crippen molar-refractivity contribution in [2.45, 2.75) is 25.2 Å². The molecule has 0 aliphatic rings. The van der Waals surface area contributed by atoms with Crippen molar-refractivity contribution < 1.29 is 22.1 Å². The Morgan fingerprint density at radius 3 is 2.52 bits per heavy atom. The highest BCUT2D eigenvalue weighted by Crippen LogP contribution is 2.18. The lowest BCUT2D eigenvalue weighted by molar-refractivity contribution is -0.116. The van der Waals surface area contributed by atoms with Crippen molar-refractivity contribution in [3.63, 3.8) is 0 Å². The zero-order valence-corrected chi connectivity index (χ0v) is 14.8. The molecule has 1 heterocycles. The van der Waals surface area contributed by atoms with Gasteiger partial charge in [-0.15, -0.1) is 0 Å². The van der Waals surface area contributed by atoms with E-state index in [1.165, 1.54) is 24.5 Å². The molecule has 1 amide bonds. The lowest BCUT2D eigenvalue weighted by Crippen LogP contribution is -2.39. The number of aromatic nitrogens is 1. The van der Waals surface area contributed by atoms with E-state index in [4.69, 9.17) is 0 Å². The van der Waals surface area contributed by atoms with Gasteiger partial charge >= 0.3 is 0 Å². The fourth-order valence-corrected chi connectivity index (χ4v) is 3.47. The minimum Gasteiger partial charge on any atom is -0.363 e. The number of carbonyl (C=O) groups excluding carboxylic acids is 1. The van der Waals surface area contributed by atoms with Crippen LogP contribution in [0.5, 0.6) is 0 Å². The molecule has 25 heavy (non-hydrogen) atoms. The standard InChI is InChI=1S/C16H20FN3O4S/c1-12(2)7-9-20(11-16(21)18-15-8-10-24-19-15)25(22,23)14-5-3-13(17)4-6-14/h3-6,8,10,12H,7,9,11H2,1-2H3,(H,18,19,21). The number of rotatable bonds is 8. The third kappa shape index (κ3) is 5.36. The molecule has 0 aliphatic heterocycles. The summed E-state index contributed by atoms with van der Waals surface area (Å²) in [5.41, 5.74) is 0. The molecule has 1 aromatic heterocycles. The van der Waals surface area contributed by atoms with Crippen molar-refractivity contribution >= 4 is 21.7 Å². The molecule has 0 saturated carbocycles. The summed E-state index contributed by atoms with van der Waals surface area (Å²) < 4.78 is 44.3. The second-order valence-corrected chi connectivity index (χ2v) is 7.85. The van der Waals surface area contributed by atoms with Crippen LogP contribution >= 0.6 is 0 Å². The lowest BCUT2D eigenvalue weighted by Gasteiger charge is -2.22. The average molecular weight is 369 g/mol. The van der Waals surface area contributed by atoms with Crippen molar-refractivity contribution in [2.24, 2.45) is 5.92 Å². The highest BCUT2D eigenvalue weighted by Gasteiger charge is 2.27. The summed E-state index contributed by atoms with van der Waals surface area (Å²) in [6.45, 7) is 3.71. The van der Waals surface area contributed by atoms with Gasteiger partial charge in [-0.25, -0.2) is 12.8 Å². The summed E-state index contributed by atoms with van der Waals surface area (Å²) in [7, 11) is -3.93. The van der Waals surface area contributed by atoms with Crippen LogP contribution in [0.2, 0.25) is 0 Å². The predicted molar refractivity (Wildman–Crippen MR) is 89.7 cm³/mol. The molecule has 2 rings (SSSR count). The van der Waals surface area contributed by atoms with Gasteiger partial charge in [0.1, 0.15) is 12.1 Å². The Morgan fingerprint density at radius 2 is 1.96 bits per heavy atom. The molecule has 2 aromatic rings. The zero-order chi connectivity index (χ0) is 18.4. The van der Waals surface area contributed by atoms with E-state index in [-0.39, 0.29) is 29.7 Å². The molecule has 0 spiro atoms. The predicted octanol–water partition coefficient (Wildman–Crippen LogP) is 2.49. The molecule has 136 valence electrons. The van der Waals surface area contributed by atoms with Gasteiger partial charge in [0, 0.05) is 12.6 Å². The van der Waals surface area contributed by atoms with Gasteiger partial charge in [0.05, 0.1) is 11.4 Å². The average Bonchev–Trinajstić information content (AvgIpc) is 3.04. The third-order valence-electron chi connectivity index (χ3n) is 3.43. The van der Waals surface area contributed by atoms with Crippen LogP contribution in [0.3, 0.4) is 0 Å². The van der Waals surface area contributed by atoms with Gasteiger partial charge in [-0.3, -0.25) is 4.79 Å². The Labute approximate surface area is 145 Å². The second kappa shape index (κ2) is 8.21. The van der Waals surface area contributed by atoms with Crippen molar-refractivity contribution in [1.29, 1.82) is 0 Å². The van der Waals surface area contributed by atoms with Crippen LogP contribution in [-0.2, 0) is 14.8 Å². The first-order valence-electron chi connectivity index (χ1n) is 7.75. The first kappa shape index (κ1) is 19.1. The molecule has 1 N–H and O–H groups in total. The molecular formula is C16H20FN3O4S. The van der Waals surface area contributed by atoms with E-state index in [0.717, 1.165) is 16.4 Å². The fraction of sp³-hybridized carbons (Fsp3) is 0.375. The largest absolute Gasteiger partial charge is 0.363 e. The van der Waals surface area contributed by atoms with Gasteiger partial charge in [0.2, 0.25) is 15.9 Å². The monoisotopic (exact) mass is 369 g/mol. The number of benzene rings is 1. The number of amides is 1. The third-order valence-corrected chi connectivity index (χ3v) is 5.29. The molecule has 7 nitrogen and oxygen atoms in total. The molecule has 0 radical (unpaired) electrons. The minimum atomic E-state index is -3.93. The van der Waals surface area contributed by atoms with Crippen LogP contribution in [0.4, 0.5) is 10.2 Å². The number of hydrogen-bond donors (Lipinski definition) is 1. The summed E-state index contributed by atoms with van der Waals surface area (Å²) >= 11 is 0. The smallest absolute Gasteiger partial charge is 0.243 e.